The van der Waals surface area contributed by atoms with Crippen LogP contribution < -0.4 is 5.32 Å². The third-order valence-electron chi connectivity index (χ3n) is 8.84. The molecule has 234 valence electrons. The maximum absolute atomic E-state index is 14.1. The number of nitrogens with one attached hydrogen (secondary N) is 1. The van der Waals surface area contributed by atoms with Gasteiger partial charge in [-0.05, 0) is 51.5 Å². The molecule has 10 nitrogen and oxygen atoms in total. The second kappa shape index (κ2) is 14.3. The first-order valence-corrected chi connectivity index (χ1v) is 15.3. The standard InChI is InChI=1S/C33H45N3O7/c1-5-7-15-26(38)34-21-25(23-13-9-8-10-14-23)42-32(41)27-24-16-17-33(43-24)28(27)30(39)36(19-11-12-20-37)29(33)31(40)35(18-6-2)22(3)4/h5-6,8-10,13-14,22,24-25,27-29,37H,1-2,7,11-12,15-21H2,3-4H3,(H,34,38)/t24-,25-,27+,28+,29-,33+/m0/s1. The molecule has 2 N–H and O–H groups in total. The lowest BCUT2D eigenvalue weighted by atomic mass is 9.70. The van der Waals surface area contributed by atoms with E-state index in [1.54, 1.807) is 22.0 Å². The van der Waals surface area contributed by atoms with Gasteiger partial charge in [-0.15, -0.1) is 13.2 Å². The number of ether oxygens (including phenoxy) is 2. The van der Waals surface area contributed by atoms with Gasteiger partial charge in [-0.1, -0.05) is 42.5 Å². The minimum atomic E-state index is -1.14. The summed E-state index contributed by atoms with van der Waals surface area (Å²) in [6.45, 7) is 11.9. The number of carbonyl (C=O) groups is 4. The van der Waals surface area contributed by atoms with Gasteiger partial charge in [-0.25, -0.2) is 0 Å². The van der Waals surface area contributed by atoms with E-state index in [1.807, 2.05) is 44.2 Å². The third-order valence-corrected chi connectivity index (χ3v) is 8.84. The number of carbonyl (C=O) groups excluding carboxylic acids is 4. The summed E-state index contributed by atoms with van der Waals surface area (Å²) in [5.74, 6) is -3.02. The van der Waals surface area contributed by atoms with Crippen molar-refractivity contribution < 1.29 is 33.8 Å². The SMILES string of the molecule is C=CCCC(=O)NC[C@H](OC(=O)[C@@H]1[C@@H]2CC[C@]3(O2)[C@H](C(=O)N(CC=C)C(C)C)N(CCCCO)C(=O)[C@@H]13)c1ccccc1. The number of esters is 1. The predicted molar refractivity (Wildman–Crippen MR) is 160 cm³/mol. The molecule has 3 saturated heterocycles. The van der Waals surface area contributed by atoms with Crippen LogP contribution in [0.15, 0.2) is 55.6 Å². The lowest BCUT2D eigenvalue weighted by molar-refractivity contribution is -0.160. The molecule has 0 aliphatic carbocycles. The van der Waals surface area contributed by atoms with Crippen molar-refractivity contribution >= 4 is 23.7 Å². The molecule has 0 aromatic heterocycles. The second-order valence-electron chi connectivity index (χ2n) is 11.9. The molecule has 1 spiro atoms. The smallest absolute Gasteiger partial charge is 0.313 e. The Morgan fingerprint density at radius 1 is 1.21 bits per heavy atom. The van der Waals surface area contributed by atoms with E-state index in [0.29, 0.717) is 44.2 Å². The fourth-order valence-electron chi connectivity index (χ4n) is 6.83. The minimum absolute atomic E-state index is 0.0255. The quantitative estimate of drug-likeness (QED) is 0.171. The van der Waals surface area contributed by atoms with E-state index in [2.05, 4.69) is 18.5 Å². The van der Waals surface area contributed by atoms with E-state index in [-0.39, 0.29) is 49.9 Å². The number of likely N-dealkylation sites (tertiary alicyclic amines) is 1. The van der Waals surface area contributed by atoms with Crippen LogP contribution in [0, 0.1) is 11.8 Å². The first kappa shape index (κ1) is 32.4. The lowest BCUT2D eigenvalue weighted by Gasteiger charge is -2.38. The zero-order valence-corrected chi connectivity index (χ0v) is 25.3. The summed E-state index contributed by atoms with van der Waals surface area (Å²) >= 11 is 0. The molecule has 0 radical (unpaired) electrons. The van der Waals surface area contributed by atoms with Crippen molar-refractivity contribution in [1.82, 2.24) is 15.1 Å². The van der Waals surface area contributed by atoms with E-state index in [9.17, 15) is 24.3 Å². The maximum atomic E-state index is 14.1. The van der Waals surface area contributed by atoms with Gasteiger partial charge in [0.25, 0.3) is 0 Å². The van der Waals surface area contributed by atoms with Crippen LogP contribution >= 0.6 is 0 Å². The van der Waals surface area contributed by atoms with Gasteiger partial charge in [-0.2, -0.15) is 0 Å². The van der Waals surface area contributed by atoms with Crippen molar-refractivity contribution in [3.05, 3.63) is 61.2 Å². The highest BCUT2D eigenvalue weighted by Gasteiger charge is 2.75. The molecule has 3 heterocycles. The Kier molecular flexibility index (Phi) is 10.8. The number of benzene rings is 1. The average Bonchev–Trinajstić information content (AvgIpc) is 3.64. The van der Waals surface area contributed by atoms with Crippen LogP contribution in [0.2, 0.25) is 0 Å². The number of aliphatic hydroxyl groups excluding tert-OH is 1. The van der Waals surface area contributed by atoms with Gasteiger partial charge in [0, 0.05) is 32.2 Å². The molecular formula is C33H45N3O7. The monoisotopic (exact) mass is 595 g/mol. The normalized spacial score (nSPS) is 26.2. The Bertz CT molecular complexity index is 1190. The highest BCUT2D eigenvalue weighted by atomic mass is 16.6. The summed E-state index contributed by atoms with van der Waals surface area (Å²) in [4.78, 5) is 57.8. The molecule has 3 amide bonds. The summed E-state index contributed by atoms with van der Waals surface area (Å²) in [5, 5.41) is 12.2. The summed E-state index contributed by atoms with van der Waals surface area (Å²) < 4.78 is 12.6. The Labute approximate surface area is 254 Å². The average molecular weight is 596 g/mol. The highest BCUT2D eigenvalue weighted by molar-refractivity contribution is 5.98. The van der Waals surface area contributed by atoms with Crippen molar-refractivity contribution in [2.45, 2.75) is 82.3 Å². The number of hydrogen-bond acceptors (Lipinski definition) is 7. The van der Waals surface area contributed by atoms with Gasteiger partial charge >= 0.3 is 5.97 Å². The first-order chi connectivity index (χ1) is 20.7. The summed E-state index contributed by atoms with van der Waals surface area (Å²) in [6, 6.07) is 8.14. The largest absolute Gasteiger partial charge is 0.455 e. The van der Waals surface area contributed by atoms with Crippen LogP contribution in [0.1, 0.15) is 64.0 Å². The number of unbranched alkanes of at least 4 members (excludes halogenated alkanes) is 1. The highest BCUT2D eigenvalue weighted by Crippen LogP contribution is 2.59. The van der Waals surface area contributed by atoms with Crippen LogP contribution in [-0.2, 0) is 28.7 Å². The van der Waals surface area contributed by atoms with Crippen LogP contribution in [0.3, 0.4) is 0 Å². The van der Waals surface area contributed by atoms with Gasteiger partial charge in [0.15, 0.2) is 0 Å². The van der Waals surface area contributed by atoms with Crippen LogP contribution in [0.25, 0.3) is 0 Å². The molecule has 4 rings (SSSR count). The zero-order valence-electron chi connectivity index (χ0n) is 25.3. The Morgan fingerprint density at radius 3 is 2.60 bits per heavy atom. The number of aliphatic hydroxyl groups is 1. The van der Waals surface area contributed by atoms with Gasteiger partial charge in [0.2, 0.25) is 17.7 Å². The summed E-state index contributed by atoms with van der Waals surface area (Å²) in [7, 11) is 0. The maximum Gasteiger partial charge on any atom is 0.313 e. The molecule has 0 unspecified atom stereocenters. The van der Waals surface area contributed by atoms with E-state index in [0.717, 1.165) is 0 Å². The molecule has 2 bridgehead atoms. The minimum Gasteiger partial charge on any atom is -0.455 e. The molecule has 3 aliphatic rings. The van der Waals surface area contributed by atoms with E-state index in [1.165, 1.54) is 0 Å². The molecule has 1 aromatic rings. The molecule has 1 aromatic carbocycles. The van der Waals surface area contributed by atoms with Gasteiger partial charge in [-0.3, -0.25) is 19.2 Å². The van der Waals surface area contributed by atoms with E-state index < -0.39 is 41.7 Å². The van der Waals surface area contributed by atoms with Crippen molar-refractivity contribution in [3.63, 3.8) is 0 Å². The van der Waals surface area contributed by atoms with E-state index in [4.69, 9.17) is 9.47 Å². The predicted octanol–water partition coefficient (Wildman–Crippen LogP) is 2.92. The van der Waals surface area contributed by atoms with Crippen molar-refractivity contribution in [1.29, 1.82) is 0 Å². The molecular weight excluding hydrogens is 550 g/mol. The fourth-order valence-corrected chi connectivity index (χ4v) is 6.83. The Balaban J connectivity index is 1.62. The summed E-state index contributed by atoms with van der Waals surface area (Å²) in [6.07, 6.45) is 4.81. The lowest BCUT2D eigenvalue weighted by Crippen LogP contribution is -2.57. The summed E-state index contributed by atoms with van der Waals surface area (Å²) in [5.41, 5.74) is -0.427. The third kappa shape index (κ3) is 6.55. The van der Waals surface area contributed by atoms with Crippen LogP contribution in [0.4, 0.5) is 0 Å². The second-order valence-corrected chi connectivity index (χ2v) is 11.9. The number of fused-ring (bicyclic) bond motifs is 1. The van der Waals surface area contributed by atoms with Crippen LogP contribution in [0.5, 0.6) is 0 Å². The fraction of sp³-hybridized carbons (Fsp3) is 0.576. The first-order valence-electron chi connectivity index (χ1n) is 15.3. The number of allylic oxidation sites excluding steroid dienone is 1. The van der Waals surface area contributed by atoms with Crippen LogP contribution in [-0.4, -0.2) is 88.6 Å². The number of rotatable bonds is 16. The van der Waals surface area contributed by atoms with Gasteiger partial charge in [0.05, 0.1) is 24.5 Å². The van der Waals surface area contributed by atoms with Gasteiger partial charge in [0.1, 0.15) is 17.7 Å². The Hall–Kier alpha value is -3.50. The zero-order chi connectivity index (χ0) is 31.1. The Morgan fingerprint density at radius 2 is 1.95 bits per heavy atom. The van der Waals surface area contributed by atoms with Gasteiger partial charge < -0.3 is 29.7 Å². The topological polar surface area (TPSA) is 125 Å². The molecule has 10 heteroatoms. The van der Waals surface area contributed by atoms with E-state index >= 15 is 0 Å². The molecule has 3 aliphatic heterocycles. The van der Waals surface area contributed by atoms with Crippen molar-refractivity contribution in [3.8, 4) is 0 Å². The number of hydrogen-bond donors (Lipinski definition) is 2. The molecule has 43 heavy (non-hydrogen) atoms. The molecule has 0 saturated carbocycles. The number of nitrogens with zero attached hydrogens (tertiary/aromatic N) is 2. The number of amides is 3. The molecule has 3 fully saturated rings. The van der Waals surface area contributed by atoms with Crippen molar-refractivity contribution in [2.24, 2.45) is 11.8 Å². The molecule has 6 atom stereocenters. The van der Waals surface area contributed by atoms with Crippen molar-refractivity contribution in [2.75, 3.05) is 26.2 Å².